The molecule has 0 aliphatic rings. The average Bonchev–Trinajstić information content (AvgIpc) is 1.59. The number of hydrogen-bond acceptors (Lipinski definition) is 12. The van der Waals surface area contributed by atoms with Gasteiger partial charge in [0.15, 0.2) is 23.3 Å². The van der Waals surface area contributed by atoms with Gasteiger partial charge in [-0.2, -0.15) is 0 Å². The monoisotopic (exact) mass is 1660 g/mol. The topological polar surface area (TPSA) is 174 Å². The highest BCUT2D eigenvalue weighted by atomic mass is 15.1. The minimum Gasteiger partial charge on any atom is -0.309 e. The molecule has 0 saturated heterocycles. The minimum atomic E-state index is 0.638. The SMILES string of the molecule is Cc1ccc2c(c1)c1cc(C)ccc1n2-c1ccc(-c2cccc(-c3cc(-c4nc(C)nc(C)n4)ccc3-n3c4ccc(C)cc4c4cc(C)ccc43)c2)c(-c2nc(C)nc(C)n2)c1.Cc1ccc2c(c1)c1cc(C)ccc1n2-c1ccc(-c2nc(C)nc(C)n2)cc1-c1cccc(-c2ccc(-c3nc(C)nc(C)n3)c(-n3c4ccc(C)cc4c4cc(C)ccc43)c2)c1. The fourth-order valence-corrected chi connectivity index (χ4v) is 19.1. The molecule has 16 nitrogen and oxygen atoms in total. The van der Waals surface area contributed by atoms with Crippen LogP contribution < -0.4 is 0 Å². The van der Waals surface area contributed by atoms with Crippen LogP contribution in [0.5, 0.6) is 0 Å². The summed E-state index contributed by atoms with van der Waals surface area (Å²) in [6.07, 6.45) is 0. The van der Waals surface area contributed by atoms with E-state index in [0.717, 1.165) is 134 Å². The molecule has 22 rings (SSSR count). The van der Waals surface area contributed by atoms with Gasteiger partial charge < -0.3 is 18.3 Å². The van der Waals surface area contributed by atoms with Gasteiger partial charge >= 0.3 is 0 Å². The number of aromatic nitrogens is 16. The molecule has 0 aliphatic heterocycles. The molecule has 0 fully saturated rings. The molecular formula is C112H92N16. The van der Waals surface area contributed by atoms with E-state index in [1.165, 1.54) is 87.6 Å². The molecule has 0 bridgehead atoms. The van der Waals surface area contributed by atoms with Gasteiger partial charge in [-0.05, 0) is 314 Å². The molecule has 8 heterocycles. The molecule has 620 valence electrons. The van der Waals surface area contributed by atoms with Crippen molar-refractivity contribution in [1.29, 1.82) is 0 Å². The van der Waals surface area contributed by atoms with Crippen LogP contribution in [-0.2, 0) is 0 Å². The molecular weight excluding hydrogens is 1570 g/mol. The van der Waals surface area contributed by atoms with Crippen LogP contribution in [0.25, 0.3) is 200 Å². The second-order valence-electron chi connectivity index (χ2n) is 34.6. The van der Waals surface area contributed by atoms with Crippen molar-refractivity contribution in [2.45, 2.75) is 111 Å². The van der Waals surface area contributed by atoms with E-state index >= 15 is 0 Å². The van der Waals surface area contributed by atoms with E-state index in [4.69, 9.17) is 39.9 Å². The zero-order valence-electron chi connectivity index (χ0n) is 74.6. The van der Waals surface area contributed by atoms with Crippen molar-refractivity contribution >= 4 is 87.2 Å². The smallest absolute Gasteiger partial charge is 0.165 e. The van der Waals surface area contributed by atoms with Gasteiger partial charge in [-0.15, -0.1) is 0 Å². The van der Waals surface area contributed by atoms with Crippen LogP contribution in [0.1, 0.15) is 91.1 Å². The summed E-state index contributed by atoms with van der Waals surface area (Å²) in [6.45, 7) is 32.7. The van der Waals surface area contributed by atoms with Crippen LogP contribution in [0.2, 0.25) is 0 Å². The van der Waals surface area contributed by atoms with Gasteiger partial charge in [-0.1, -0.05) is 142 Å². The van der Waals surface area contributed by atoms with Crippen molar-refractivity contribution in [3.63, 3.8) is 0 Å². The largest absolute Gasteiger partial charge is 0.309 e. The van der Waals surface area contributed by atoms with Gasteiger partial charge in [0.25, 0.3) is 0 Å². The maximum Gasteiger partial charge on any atom is 0.165 e. The van der Waals surface area contributed by atoms with Gasteiger partial charge in [-0.25, -0.2) is 59.8 Å². The quantitative estimate of drug-likeness (QED) is 0.113. The van der Waals surface area contributed by atoms with Gasteiger partial charge in [0, 0.05) is 82.2 Å². The molecule has 0 saturated carbocycles. The van der Waals surface area contributed by atoms with Crippen LogP contribution in [0.3, 0.4) is 0 Å². The lowest BCUT2D eigenvalue weighted by atomic mass is 9.93. The van der Waals surface area contributed by atoms with Crippen molar-refractivity contribution in [2.24, 2.45) is 0 Å². The summed E-state index contributed by atoms with van der Waals surface area (Å²) in [5.74, 6) is 8.09. The summed E-state index contributed by atoms with van der Waals surface area (Å²) in [5, 5.41) is 9.82. The molecule has 0 N–H and O–H groups in total. The Balaban J connectivity index is 0.000000156. The van der Waals surface area contributed by atoms with Crippen molar-refractivity contribution in [1.82, 2.24) is 78.1 Å². The van der Waals surface area contributed by atoms with E-state index < -0.39 is 0 Å². The van der Waals surface area contributed by atoms with Gasteiger partial charge in [-0.3, -0.25) is 0 Å². The second-order valence-corrected chi connectivity index (χ2v) is 34.6. The molecule has 128 heavy (non-hydrogen) atoms. The first-order valence-electron chi connectivity index (χ1n) is 43.5. The third-order valence-corrected chi connectivity index (χ3v) is 24.7. The third-order valence-electron chi connectivity index (χ3n) is 24.7. The Kier molecular flexibility index (Phi) is 19.4. The fourth-order valence-electron chi connectivity index (χ4n) is 19.1. The second kappa shape index (κ2) is 31.2. The van der Waals surface area contributed by atoms with Gasteiger partial charge in [0.2, 0.25) is 0 Å². The highest BCUT2D eigenvalue weighted by molar-refractivity contribution is 6.14. The molecule has 0 aliphatic carbocycles. The molecule has 0 atom stereocenters. The first-order chi connectivity index (χ1) is 61.9. The highest BCUT2D eigenvalue weighted by Gasteiger charge is 2.26. The molecule has 16 heteroatoms. The molecule has 8 aromatic heterocycles. The molecule has 0 amide bonds. The van der Waals surface area contributed by atoms with Crippen molar-refractivity contribution in [3.05, 3.63) is 358 Å². The van der Waals surface area contributed by atoms with Crippen LogP contribution in [0, 0.1) is 111 Å². The van der Waals surface area contributed by atoms with Crippen molar-refractivity contribution in [3.8, 4) is 113 Å². The lowest BCUT2D eigenvalue weighted by Crippen LogP contribution is -2.03. The summed E-state index contributed by atoms with van der Waals surface area (Å²) >= 11 is 0. The van der Waals surface area contributed by atoms with Crippen LogP contribution >= 0.6 is 0 Å². The summed E-state index contributed by atoms with van der Waals surface area (Å²) in [7, 11) is 0. The molecule has 0 spiro atoms. The van der Waals surface area contributed by atoms with E-state index in [-0.39, 0.29) is 0 Å². The first-order valence-corrected chi connectivity index (χ1v) is 43.5. The summed E-state index contributed by atoms with van der Waals surface area (Å²) in [4.78, 5) is 57.0. The fraction of sp³-hybridized carbons (Fsp3) is 0.143. The molecule has 0 unspecified atom stereocenters. The zero-order chi connectivity index (χ0) is 87.9. The maximum absolute atomic E-state index is 4.96. The molecule has 14 aromatic carbocycles. The lowest BCUT2D eigenvalue weighted by molar-refractivity contribution is 0.926. The normalized spacial score (nSPS) is 11.8. The van der Waals surface area contributed by atoms with E-state index in [9.17, 15) is 0 Å². The van der Waals surface area contributed by atoms with E-state index in [1.54, 1.807) is 0 Å². The Morgan fingerprint density at radius 1 is 0.156 bits per heavy atom. The van der Waals surface area contributed by atoms with Crippen LogP contribution in [-0.4, -0.2) is 78.1 Å². The highest BCUT2D eigenvalue weighted by Crippen LogP contribution is 2.46. The Bertz CT molecular complexity index is 8100. The predicted octanol–water partition coefficient (Wildman–Crippen LogP) is 26.8. The third kappa shape index (κ3) is 14.2. The van der Waals surface area contributed by atoms with Gasteiger partial charge in [0.05, 0.1) is 61.2 Å². The van der Waals surface area contributed by atoms with Crippen molar-refractivity contribution < 1.29 is 0 Å². The van der Waals surface area contributed by atoms with E-state index in [0.29, 0.717) is 69.9 Å². The first kappa shape index (κ1) is 79.5. The summed E-state index contributed by atoms with van der Waals surface area (Å²) in [6, 6.07) is 98.2. The maximum atomic E-state index is 4.96. The zero-order valence-corrected chi connectivity index (χ0v) is 74.6. The predicted molar refractivity (Wildman–Crippen MR) is 523 cm³/mol. The lowest BCUT2D eigenvalue weighted by Gasteiger charge is -2.18. The average molecular weight is 1660 g/mol. The molecule has 22 aromatic rings. The standard InChI is InChI=1S/2C56H46N8/c1-31-12-19-51-45(24-31)46-25-32(2)13-20-52(46)63(51)42-17-18-43(49(30-42)56-61-37(7)58-38(8)62-56)39-10-9-11-40(28-39)44-29-41(55-59-35(5)57-36(6)60-55)16-23-50(44)64-53-21-14-33(3)26-47(53)48-27-34(4)15-22-54(48)64;1-31-12-19-50-45(24-31)46-25-32(2)13-20-51(46)63(50)49-23-17-42(55-59-35(5)57-36(6)60-55)29-44(49)41-11-9-10-39(28-41)40-16-18-43(56-61-37(7)58-38(8)62-56)54(30-40)64-52-21-14-33(3)26-47(52)48-27-34(4)15-22-53(48)64/h2*9-30H,1-8H3. The minimum absolute atomic E-state index is 0.638. The number of aryl methyl sites for hydroxylation is 16. The Labute approximate surface area is 742 Å². The number of nitrogens with zero attached hydrogens (tertiary/aromatic N) is 16. The summed E-state index contributed by atoms with van der Waals surface area (Å²) in [5.41, 5.74) is 35.3. The number of rotatable bonds is 12. The van der Waals surface area contributed by atoms with Crippen molar-refractivity contribution in [2.75, 3.05) is 0 Å². The Hall–Kier alpha value is -15.7. The molecule has 0 radical (unpaired) electrons. The number of hydrogen-bond donors (Lipinski definition) is 0. The van der Waals surface area contributed by atoms with E-state index in [1.807, 2.05) is 55.4 Å². The summed E-state index contributed by atoms with van der Waals surface area (Å²) < 4.78 is 9.57. The Morgan fingerprint density at radius 2 is 0.414 bits per heavy atom. The number of benzene rings is 14. The van der Waals surface area contributed by atoms with Gasteiger partial charge in [0.1, 0.15) is 46.6 Å². The van der Waals surface area contributed by atoms with Crippen LogP contribution in [0.15, 0.2) is 267 Å². The Morgan fingerprint density at radius 3 is 0.750 bits per heavy atom. The van der Waals surface area contributed by atoms with E-state index in [2.05, 4.69) is 361 Å². The number of fused-ring (bicyclic) bond motifs is 12. The van der Waals surface area contributed by atoms with Crippen LogP contribution in [0.4, 0.5) is 0 Å².